The minimum absolute atomic E-state index is 0.849. The monoisotopic (exact) mass is 243 g/mol. The van der Waals surface area contributed by atoms with Crippen LogP contribution in [0.1, 0.15) is 24.5 Å². The first-order valence-corrected chi connectivity index (χ1v) is 6.64. The minimum Gasteiger partial charge on any atom is -0.316 e. The van der Waals surface area contributed by atoms with Gasteiger partial charge in [-0.3, -0.25) is 4.68 Å². The van der Waals surface area contributed by atoms with Gasteiger partial charge in [0.2, 0.25) is 0 Å². The summed E-state index contributed by atoms with van der Waals surface area (Å²) in [6.07, 6.45) is 6.10. The van der Waals surface area contributed by atoms with E-state index in [1.54, 1.807) is 0 Å². The first-order valence-electron chi connectivity index (χ1n) is 6.64. The third-order valence-corrected chi connectivity index (χ3v) is 2.94. The highest BCUT2D eigenvalue weighted by molar-refractivity contribution is 5.22. The molecular formula is C15H21N3. The Kier molecular flexibility index (Phi) is 4.97. The maximum Gasteiger partial charge on any atom is 0.0659 e. The molecule has 0 bridgehead atoms. The van der Waals surface area contributed by atoms with Crippen LogP contribution in [-0.2, 0) is 13.0 Å². The van der Waals surface area contributed by atoms with Gasteiger partial charge in [0.05, 0.1) is 6.54 Å². The Morgan fingerprint density at radius 1 is 1.11 bits per heavy atom. The summed E-state index contributed by atoms with van der Waals surface area (Å²) in [5.41, 5.74) is 2.69. The van der Waals surface area contributed by atoms with Crippen molar-refractivity contribution in [3.05, 3.63) is 53.9 Å². The molecule has 0 spiro atoms. The largest absolute Gasteiger partial charge is 0.316 e. The molecule has 18 heavy (non-hydrogen) atoms. The SMILES string of the molecule is CCCNCCc1ccc(Cn2cccn2)cc1. The van der Waals surface area contributed by atoms with Crippen molar-refractivity contribution in [2.45, 2.75) is 26.3 Å². The molecule has 0 aliphatic rings. The average Bonchev–Trinajstić information content (AvgIpc) is 2.89. The predicted octanol–water partition coefficient (Wildman–Crippen LogP) is 2.47. The zero-order valence-corrected chi connectivity index (χ0v) is 11.0. The quantitative estimate of drug-likeness (QED) is 0.757. The smallest absolute Gasteiger partial charge is 0.0659 e. The second kappa shape index (κ2) is 6.97. The zero-order valence-electron chi connectivity index (χ0n) is 11.0. The molecule has 1 aromatic carbocycles. The van der Waals surface area contributed by atoms with E-state index in [9.17, 15) is 0 Å². The van der Waals surface area contributed by atoms with Crippen LogP contribution >= 0.6 is 0 Å². The molecule has 3 nitrogen and oxygen atoms in total. The lowest BCUT2D eigenvalue weighted by Crippen LogP contribution is -2.17. The van der Waals surface area contributed by atoms with Crippen molar-refractivity contribution >= 4 is 0 Å². The van der Waals surface area contributed by atoms with Gasteiger partial charge in [-0.15, -0.1) is 0 Å². The molecule has 0 fully saturated rings. The van der Waals surface area contributed by atoms with Crippen molar-refractivity contribution in [3.8, 4) is 0 Å². The van der Waals surface area contributed by atoms with E-state index in [2.05, 4.69) is 41.6 Å². The fourth-order valence-electron chi connectivity index (χ4n) is 1.93. The lowest BCUT2D eigenvalue weighted by Gasteiger charge is -2.05. The van der Waals surface area contributed by atoms with Gasteiger partial charge in [0.15, 0.2) is 0 Å². The summed E-state index contributed by atoms with van der Waals surface area (Å²) in [5.74, 6) is 0. The molecule has 1 heterocycles. The van der Waals surface area contributed by atoms with Crippen LogP contribution in [0.25, 0.3) is 0 Å². The number of benzene rings is 1. The lowest BCUT2D eigenvalue weighted by molar-refractivity contribution is 0.670. The number of hydrogen-bond donors (Lipinski definition) is 1. The highest BCUT2D eigenvalue weighted by Gasteiger charge is 1.96. The maximum atomic E-state index is 4.21. The van der Waals surface area contributed by atoms with Gasteiger partial charge >= 0.3 is 0 Å². The Labute approximate surface area is 109 Å². The standard InChI is InChI=1S/C15H21N3/c1-2-9-16-11-8-14-4-6-15(7-5-14)13-18-12-3-10-17-18/h3-7,10,12,16H,2,8-9,11,13H2,1H3. The van der Waals surface area contributed by atoms with Crippen molar-refractivity contribution in [2.75, 3.05) is 13.1 Å². The van der Waals surface area contributed by atoms with Gasteiger partial charge in [0.25, 0.3) is 0 Å². The van der Waals surface area contributed by atoms with E-state index < -0.39 is 0 Å². The van der Waals surface area contributed by atoms with Gasteiger partial charge in [-0.2, -0.15) is 5.10 Å². The van der Waals surface area contributed by atoms with Crippen LogP contribution < -0.4 is 5.32 Å². The zero-order chi connectivity index (χ0) is 12.6. The van der Waals surface area contributed by atoms with Crippen LogP contribution in [0.3, 0.4) is 0 Å². The summed E-state index contributed by atoms with van der Waals surface area (Å²) in [6, 6.07) is 10.8. The van der Waals surface area contributed by atoms with Crippen LogP contribution in [0, 0.1) is 0 Å². The van der Waals surface area contributed by atoms with Crippen molar-refractivity contribution in [1.82, 2.24) is 15.1 Å². The normalized spacial score (nSPS) is 10.7. The Morgan fingerprint density at radius 3 is 2.56 bits per heavy atom. The van der Waals surface area contributed by atoms with Gasteiger partial charge in [-0.05, 0) is 43.1 Å². The second-order valence-corrected chi connectivity index (χ2v) is 4.52. The molecular weight excluding hydrogens is 222 g/mol. The van der Waals surface area contributed by atoms with Crippen LogP contribution in [0.2, 0.25) is 0 Å². The molecule has 2 aromatic rings. The highest BCUT2D eigenvalue weighted by atomic mass is 15.3. The first kappa shape index (κ1) is 12.8. The van der Waals surface area contributed by atoms with Crippen LogP contribution in [0.15, 0.2) is 42.7 Å². The number of nitrogens with zero attached hydrogens (tertiary/aromatic N) is 2. The Morgan fingerprint density at radius 2 is 1.89 bits per heavy atom. The summed E-state index contributed by atoms with van der Waals surface area (Å²) in [6.45, 7) is 5.21. The van der Waals surface area contributed by atoms with Gasteiger partial charge in [0, 0.05) is 12.4 Å². The summed E-state index contributed by atoms with van der Waals surface area (Å²) >= 11 is 0. The third-order valence-electron chi connectivity index (χ3n) is 2.94. The highest BCUT2D eigenvalue weighted by Crippen LogP contribution is 2.06. The van der Waals surface area contributed by atoms with E-state index in [4.69, 9.17) is 0 Å². The molecule has 0 saturated carbocycles. The van der Waals surface area contributed by atoms with Crippen LogP contribution in [0.5, 0.6) is 0 Å². The van der Waals surface area contributed by atoms with Crippen molar-refractivity contribution < 1.29 is 0 Å². The molecule has 2 rings (SSSR count). The number of rotatable bonds is 7. The second-order valence-electron chi connectivity index (χ2n) is 4.52. The number of aromatic nitrogens is 2. The van der Waals surface area contributed by atoms with Gasteiger partial charge in [0.1, 0.15) is 0 Å². The summed E-state index contributed by atoms with van der Waals surface area (Å²) in [4.78, 5) is 0. The van der Waals surface area contributed by atoms with E-state index in [0.29, 0.717) is 0 Å². The van der Waals surface area contributed by atoms with Gasteiger partial charge in [-0.1, -0.05) is 31.2 Å². The van der Waals surface area contributed by atoms with E-state index >= 15 is 0 Å². The molecule has 0 saturated heterocycles. The molecule has 0 amide bonds. The van der Waals surface area contributed by atoms with Gasteiger partial charge < -0.3 is 5.32 Å². The predicted molar refractivity (Wildman–Crippen MR) is 74.6 cm³/mol. The topological polar surface area (TPSA) is 29.9 Å². The maximum absolute atomic E-state index is 4.21. The van der Waals surface area contributed by atoms with Crippen LogP contribution in [0.4, 0.5) is 0 Å². The first-order chi connectivity index (χ1) is 8.88. The molecule has 0 unspecified atom stereocenters. The Balaban J connectivity index is 1.82. The van der Waals surface area contributed by atoms with Crippen molar-refractivity contribution in [1.29, 1.82) is 0 Å². The minimum atomic E-state index is 0.849. The summed E-state index contributed by atoms with van der Waals surface area (Å²) in [7, 11) is 0. The molecule has 3 heteroatoms. The number of hydrogen-bond acceptors (Lipinski definition) is 2. The summed E-state index contributed by atoms with van der Waals surface area (Å²) < 4.78 is 1.94. The fourth-order valence-corrected chi connectivity index (χ4v) is 1.93. The molecule has 96 valence electrons. The van der Waals surface area contributed by atoms with E-state index in [1.807, 2.05) is 23.1 Å². The van der Waals surface area contributed by atoms with E-state index in [-0.39, 0.29) is 0 Å². The molecule has 1 N–H and O–H groups in total. The number of nitrogens with one attached hydrogen (secondary N) is 1. The van der Waals surface area contributed by atoms with Gasteiger partial charge in [-0.25, -0.2) is 0 Å². The molecule has 0 aliphatic heterocycles. The van der Waals surface area contributed by atoms with E-state index in [0.717, 1.165) is 26.1 Å². The summed E-state index contributed by atoms with van der Waals surface area (Å²) in [5, 5.41) is 7.63. The lowest BCUT2D eigenvalue weighted by atomic mass is 10.1. The average molecular weight is 243 g/mol. The van der Waals surface area contributed by atoms with Crippen molar-refractivity contribution in [2.24, 2.45) is 0 Å². The van der Waals surface area contributed by atoms with Crippen molar-refractivity contribution in [3.63, 3.8) is 0 Å². The molecule has 1 aromatic heterocycles. The fraction of sp³-hybridized carbons (Fsp3) is 0.400. The van der Waals surface area contributed by atoms with E-state index in [1.165, 1.54) is 17.5 Å². The molecule has 0 radical (unpaired) electrons. The van der Waals surface area contributed by atoms with Crippen LogP contribution in [-0.4, -0.2) is 22.9 Å². The third kappa shape index (κ3) is 4.00. The Bertz CT molecular complexity index is 431. The Hall–Kier alpha value is -1.61. The molecule has 0 atom stereocenters. The molecule has 0 aliphatic carbocycles.